The highest BCUT2D eigenvalue weighted by atomic mass is 16.5. The fourth-order valence-corrected chi connectivity index (χ4v) is 2.23. The van der Waals surface area contributed by atoms with Crippen molar-refractivity contribution in [2.75, 3.05) is 26.3 Å². The molecular weight excluding hydrogens is 178 g/mol. The average molecular weight is 197 g/mol. The van der Waals surface area contributed by atoms with Gasteiger partial charge in [-0.2, -0.15) is 0 Å². The molecular formula is C11H19NO2. The number of aliphatic hydroxyl groups excluding tert-OH is 1. The Morgan fingerprint density at radius 3 is 2.93 bits per heavy atom. The Morgan fingerprint density at radius 2 is 2.21 bits per heavy atom. The summed E-state index contributed by atoms with van der Waals surface area (Å²) >= 11 is 0. The Labute approximate surface area is 85.1 Å². The number of aliphatic hydroxyl groups is 1. The molecule has 0 aromatic rings. The van der Waals surface area contributed by atoms with Crippen LogP contribution in [0, 0.1) is 5.92 Å². The molecule has 2 rings (SSSR count). The van der Waals surface area contributed by atoms with E-state index < -0.39 is 0 Å². The Morgan fingerprint density at radius 1 is 1.43 bits per heavy atom. The maximum atomic E-state index is 9.45. The lowest BCUT2D eigenvalue weighted by atomic mass is 9.91. The van der Waals surface area contributed by atoms with Crippen molar-refractivity contribution in [1.29, 1.82) is 0 Å². The largest absolute Gasteiger partial charge is 0.388 e. The highest BCUT2D eigenvalue weighted by Gasteiger charge is 2.17. The molecule has 3 heteroatoms. The molecule has 0 spiro atoms. The molecule has 14 heavy (non-hydrogen) atoms. The van der Waals surface area contributed by atoms with E-state index in [1.807, 2.05) is 6.08 Å². The normalized spacial score (nSPS) is 30.1. The maximum absolute atomic E-state index is 9.45. The summed E-state index contributed by atoms with van der Waals surface area (Å²) in [6, 6.07) is 0. The van der Waals surface area contributed by atoms with Gasteiger partial charge in [-0.25, -0.2) is 0 Å². The molecule has 1 atom stereocenters. The first kappa shape index (κ1) is 10.1. The molecule has 2 N–H and O–H groups in total. The fourth-order valence-electron chi connectivity index (χ4n) is 2.23. The van der Waals surface area contributed by atoms with Crippen molar-refractivity contribution < 1.29 is 9.84 Å². The Bertz CT molecular complexity index is 209. The Balaban J connectivity index is 1.83. The van der Waals surface area contributed by atoms with E-state index in [0.717, 1.165) is 32.1 Å². The van der Waals surface area contributed by atoms with Gasteiger partial charge in [-0.15, -0.1) is 0 Å². The molecule has 0 aromatic carbocycles. The van der Waals surface area contributed by atoms with Crippen molar-refractivity contribution in [3.05, 3.63) is 11.6 Å². The van der Waals surface area contributed by atoms with Crippen LogP contribution in [-0.2, 0) is 4.74 Å². The van der Waals surface area contributed by atoms with Gasteiger partial charge in [0.05, 0.1) is 6.10 Å². The van der Waals surface area contributed by atoms with Crippen LogP contribution in [0.3, 0.4) is 0 Å². The summed E-state index contributed by atoms with van der Waals surface area (Å²) in [5.74, 6) is 0.766. The molecule has 2 aliphatic heterocycles. The zero-order valence-corrected chi connectivity index (χ0v) is 8.54. The van der Waals surface area contributed by atoms with Crippen LogP contribution in [-0.4, -0.2) is 37.5 Å². The fraction of sp³-hybridized carbons (Fsp3) is 0.818. The molecule has 1 unspecified atom stereocenters. The van der Waals surface area contributed by atoms with Gasteiger partial charge in [0, 0.05) is 26.3 Å². The predicted molar refractivity (Wildman–Crippen MR) is 55.1 cm³/mol. The summed E-state index contributed by atoms with van der Waals surface area (Å²) in [6.07, 6.45) is 5.22. The monoisotopic (exact) mass is 197 g/mol. The van der Waals surface area contributed by atoms with Gasteiger partial charge in [0.25, 0.3) is 0 Å². The van der Waals surface area contributed by atoms with Crippen LogP contribution in [0.2, 0.25) is 0 Å². The van der Waals surface area contributed by atoms with E-state index in [9.17, 15) is 5.11 Å². The van der Waals surface area contributed by atoms with E-state index in [2.05, 4.69) is 5.32 Å². The maximum Gasteiger partial charge on any atom is 0.0848 e. The lowest BCUT2D eigenvalue weighted by molar-refractivity contribution is 0.0661. The minimum Gasteiger partial charge on any atom is -0.388 e. The van der Waals surface area contributed by atoms with E-state index in [1.54, 1.807) is 0 Å². The van der Waals surface area contributed by atoms with Gasteiger partial charge in [-0.1, -0.05) is 11.6 Å². The molecule has 1 fully saturated rings. The highest BCUT2D eigenvalue weighted by Crippen LogP contribution is 2.23. The van der Waals surface area contributed by atoms with E-state index in [4.69, 9.17) is 4.74 Å². The Kier molecular flexibility index (Phi) is 3.56. The van der Waals surface area contributed by atoms with Crippen LogP contribution in [0.5, 0.6) is 0 Å². The molecule has 0 radical (unpaired) electrons. The van der Waals surface area contributed by atoms with E-state index >= 15 is 0 Å². The topological polar surface area (TPSA) is 41.5 Å². The first-order valence-electron chi connectivity index (χ1n) is 5.50. The first-order valence-corrected chi connectivity index (χ1v) is 5.50. The second kappa shape index (κ2) is 4.91. The average Bonchev–Trinajstić information content (AvgIpc) is 2.19. The van der Waals surface area contributed by atoms with Crippen molar-refractivity contribution in [2.24, 2.45) is 5.92 Å². The van der Waals surface area contributed by atoms with E-state index in [1.165, 1.54) is 18.4 Å². The first-order chi connectivity index (χ1) is 6.84. The Hall–Kier alpha value is -0.380. The number of ether oxygens (including phenoxy) is 1. The van der Waals surface area contributed by atoms with Crippen LogP contribution in [0.25, 0.3) is 0 Å². The van der Waals surface area contributed by atoms with E-state index in [-0.39, 0.29) is 6.10 Å². The van der Waals surface area contributed by atoms with Gasteiger partial charge in [0.2, 0.25) is 0 Å². The van der Waals surface area contributed by atoms with Crippen LogP contribution in [0.1, 0.15) is 19.3 Å². The third-order valence-electron chi connectivity index (χ3n) is 3.03. The summed E-state index contributed by atoms with van der Waals surface area (Å²) in [5, 5.41) is 12.7. The summed E-state index contributed by atoms with van der Waals surface area (Å²) in [4.78, 5) is 0. The number of β-amino-alcohol motifs (C(OH)–C–C–N with tert-alkyl or cyclic N) is 1. The van der Waals surface area contributed by atoms with Gasteiger partial charge in [0.15, 0.2) is 0 Å². The molecule has 80 valence electrons. The van der Waals surface area contributed by atoms with Gasteiger partial charge in [-0.05, 0) is 25.2 Å². The van der Waals surface area contributed by atoms with E-state index in [0.29, 0.717) is 6.54 Å². The molecule has 0 saturated carbocycles. The summed E-state index contributed by atoms with van der Waals surface area (Å²) in [5.41, 5.74) is 1.37. The van der Waals surface area contributed by atoms with Crippen molar-refractivity contribution in [1.82, 2.24) is 5.32 Å². The van der Waals surface area contributed by atoms with Crippen molar-refractivity contribution in [3.8, 4) is 0 Å². The highest BCUT2D eigenvalue weighted by molar-refractivity contribution is 5.11. The van der Waals surface area contributed by atoms with Gasteiger partial charge >= 0.3 is 0 Å². The van der Waals surface area contributed by atoms with Crippen LogP contribution < -0.4 is 5.32 Å². The molecule has 2 aliphatic rings. The smallest absolute Gasteiger partial charge is 0.0848 e. The van der Waals surface area contributed by atoms with Crippen molar-refractivity contribution in [2.45, 2.75) is 25.4 Å². The van der Waals surface area contributed by atoms with Gasteiger partial charge < -0.3 is 15.2 Å². The van der Waals surface area contributed by atoms with Crippen molar-refractivity contribution >= 4 is 0 Å². The SMILES string of the molecule is OC1C=C(CC2CCOCC2)CNC1. The van der Waals surface area contributed by atoms with Crippen LogP contribution >= 0.6 is 0 Å². The predicted octanol–water partition coefficient (Wildman–Crippen LogP) is 0.694. The minimum absolute atomic E-state index is 0.279. The van der Waals surface area contributed by atoms with Crippen LogP contribution in [0.4, 0.5) is 0 Å². The second-order valence-corrected chi connectivity index (χ2v) is 4.28. The zero-order chi connectivity index (χ0) is 9.80. The molecule has 0 bridgehead atoms. The summed E-state index contributed by atoms with van der Waals surface area (Å²) in [7, 11) is 0. The summed E-state index contributed by atoms with van der Waals surface area (Å²) < 4.78 is 5.33. The zero-order valence-electron chi connectivity index (χ0n) is 8.54. The number of hydrogen-bond donors (Lipinski definition) is 2. The standard InChI is InChI=1S/C11H19NO2/c13-11-6-10(7-12-8-11)5-9-1-3-14-4-2-9/h6,9,11-13H,1-5,7-8H2. The molecule has 0 aromatic heterocycles. The third kappa shape index (κ3) is 2.80. The third-order valence-corrected chi connectivity index (χ3v) is 3.03. The molecule has 0 amide bonds. The lowest BCUT2D eigenvalue weighted by Crippen LogP contribution is -2.33. The summed E-state index contributed by atoms with van der Waals surface area (Å²) in [6.45, 7) is 3.48. The number of hydrogen-bond acceptors (Lipinski definition) is 3. The molecule has 3 nitrogen and oxygen atoms in total. The number of nitrogens with one attached hydrogen (secondary N) is 1. The van der Waals surface area contributed by atoms with Crippen molar-refractivity contribution in [3.63, 3.8) is 0 Å². The molecule has 0 aliphatic carbocycles. The lowest BCUT2D eigenvalue weighted by Gasteiger charge is -2.25. The second-order valence-electron chi connectivity index (χ2n) is 4.28. The molecule has 1 saturated heterocycles. The van der Waals surface area contributed by atoms with Crippen LogP contribution in [0.15, 0.2) is 11.6 Å². The minimum atomic E-state index is -0.279. The van der Waals surface area contributed by atoms with Gasteiger partial charge in [0.1, 0.15) is 0 Å². The quantitative estimate of drug-likeness (QED) is 0.640. The number of rotatable bonds is 2. The van der Waals surface area contributed by atoms with Gasteiger partial charge in [-0.3, -0.25) is 0 Å². The molecule has 2 heterocycles.